The number of likely N-dealkylation sites (tertiary alicyclic amines) is 1. The van der Waals surface area contributed by atoms with Gasteiger partial charge in [0, 0.05) is 36.9 Å². The predicted octanol–water partition coefficient (Wildman–Crippen LogP) is 4.22. The van der Waals surface area contributed by atoms with Crippen molar-refractivity contribution in [2.45, 2.75) is 72.0 Å². The fraction of sp³-hybridized carbons (Fsp3) is 0.480. The van der Waals surface area contributed by atoms with Crippen LogP contribution in [0.2, 0.25) is 0 Å². The van der Waals surface area contributed by atoms with Crippen LogP contribution in [0.1, 0.15) is 60.0 Å². The maximum atomic E-state index is 12.4. The molecule has 6 nitrogen and oxygen atoms in total. The molecule has 1 aliphatic heterocycles. The van der Waals surface area contributed by atoms with Gasteiger partial charge in [-0.25, -0.2) is 4.98 Å². The van der Waals surface area contributed by atoms with Crippen LogP contribution in [0.4, 0.5) is 0 Å². The maximum absolute atomic E-state index is 12.4. The summed E-state index contributed by atoms with van der Waals surface area (Å²) in [6.45, 7) is 8.93. The minimum Gasteiger partial charge on any atom is -0.352 e. The topological polar surface area (TPSA) is 78.1 Å². The first-order chi connectivity index (χ1) is 15.4. The Morgan fingerprint density at radius 2 is 1.97 bits per heavy atom. The molecule has 7 heteroatoms. The lowest BCUT2D eigenvalue weighted by molar-refractivity contribution is -0.121. The Hall–Kier alpha value is -2.51. The van der Waals surface area contributed by atoms with Gasteiger partial charge in [-0.15, -0.1) is 11.3 Å². The van der Waals surface area contributed by atoms with Crippen LogP contribution >= 0.6 is 11.3 Å². The molecule has 0 radical (unpaired) electrons. The first kappa shape index (κ1) is 22.7. The summed E-state index contributed by atoms with van der Waals surface area (Å²) in [7, 11) is 0. The molecule has 3 heterocycles. The van der Waals surface area contributed by atoms with E-state index in [-0.39, 0.29) is 11.5 Å². The van der Waals surface area contributed by atoms with Crippen molar-refractivity contribution in [3.63, 3.8) is 0 Å². The molecular formula is C25H32N4O2S. The van der Waals surface area contributed by atoms with Gasteiger partial charge in [-0.1, -0.05) is 30.7 Å². The first-order valence-corrected chi connectivity index (χ1v) is 12.3. The van der Waals surface area contributed by atoms with Crippen molar-refractivity contribution in [3.05, 3.63) is 62.0 Å². The molecule has 1 unspecified atom stereocenters. The highest BCUT2D eigenvalue weighted by Gasteiger charge is 2.18. The molecule has 170 valence electrons. The van der Waals surface area contributed by atoms with Crippen molar-refractivity contribution >= 4 is 27.5 Å². The maximum Gasteiger partial charge on any atom is 0.259 e. The zero-order valence-electron chi connectivity index (χ0n) is 19.2. The van der Waals surface area contributed by atoms with Gasteiger partial charge in [0.15, 0.2) is 0 Å². The van der Waals surface area contributed by atoms with E-state index in [0.29, 0.717) is 36.6 Å². The molecule has 1 atom stereocenters. The Kier molecular flexibility index (Phi) is 7.06. The third-order valence-corrected chi connectivity index (χ3v) is 7.62. The molecule has 0 bridgehead atoms. The molecule has 1 fully saturated rings. The van der Waals surface area contributed by atoms with Gasteiger partial charge in [0.1, 0.15) is 10.7 Å². The van der Waals surface area contributed by atoms with Gasteiger partial charge in [-0.3, -0.25) is 14.5 Å². The quantitative estimate of drug-likeness (QED) is 0.562. The van der Waals surface area contributed by atoms with E-state index < -0.39 is 0 Å². The molecule has 0 saturated carbocycles. The SMILES string of the molecule is Cc1sc2nc(CCC(=O)NCc3ccc(CN4CCCCC4C)cc3)[nH]c(=O)c2c1C. The number of aromatic amines is 1. The van der Waals surface area contributed by atoms with Crippen LogP contribution in [0.15, 0.2) is 29.1 Å². The Labute approximate surface area is 193 Å². The normalized spacial score (nSPS) is 17.0. The van der Waals surface area contributed by atoms with E-state index in [1.807, 2.05) is 13.8 Å². The van der Waals surface area contributed by atoms with Gasteiger partial charge in [0.05, 0.1) is 5.39 Å². The first-order valence-electron chi connectivity index (χ1n) is 11.5. The molecule has 32 heavy (non-hydrogen) atoms. The molecule has 1 amide bonds. The van der Waals surface area contributed by atoms with Crippen molar-refractivity contribution in [2.24, 2.45) is 0 Å². The number of nitrogens with zero attached hydrogens (tertiary/aromatic N) is 2. The average molecular weight is 453 g/mol. The van der Waals surface area contributed by atoms with Crippen molar-refractivity contribution < 1.29 is 4.79 Å². The molecular weight excluding hydrogens is 420 g/mol. The highest BCUT2D eigenvalue weighted by atomic mass is 32.1. The Balaban J connectivity index is 1.27. The van der Waals surface area contributed by atoms with Crippen LogP contribution in [-0.4, -0.2) is 33.4 Å². The Bertz CT molecular complexity index is 1150. The van der Waals surface area contributed by atoms with E-state index in [1.165, 1.54) is 42.7 Å². The lowest BCUT2D eigenvalue weighted by atomic mass is 10.0. The number of amides is 1. The summed E-state index contributed by atoms with van der Waals surface area (Å²) in [4.78, 5) is 36.5. The summed E-state index contributed by atoms with van der Waals surface area (Å²) in [6, 6.07) is 9.17. The Morgan fingerprint density at radius 3 is 2.72 bits per heavy atom. The second-order valence-electron chi connectivity index (χ2n) is 8.88. The smallest absolute Gasteiger partial charge is 0.259 e. The molecule has 1 aromatic carbocycles. The van der Waals surface area contributed by atoms with Gasteiger partial charge in [0.25, 0.3) is 5.56 Å². The third kappa shape index (κ3) is 5.27. The highest BCUT2D eigenvalue weighted by Crippen LogP contribution is 2.25. The molecule has 0 aliphatic carbocycles. The number of fused-ring (bicyclic) bond motifs is 1. The second kappa shape index (κ2) is 9.96. The van der Waals surface area contributed by atoms with Crippen LogP contribution in [-0.2, 0) is 24.3 Å². The van der Waals surface area contributed by atoms with Crippen molar-refractivity contribution in [1.29, 1.82) is 0 Å². The summed E-state index contributed by atoms with van der Waals surface area (Å²) in [5, 5.41) is 3.64. The van der Waals surface area contributed by atoms with E-state index in [1.54, 1.807) is 0 Å². The molecule has 2 N–H and O–H groups in total. The molecule has 3 aromatic rings. The van der Waals surface area contributed by atoms with Crippen molar-refractivity contribution in [1.82, 2.24) is 20.2 Å². The predicted molar refractivity (Wildman–Crippen MR) is 130 cm³/mol. The number of hydrogen-bond donors (Lipinski definition) is 2. The van der Waals surface area contributed by atoms with Gasteiger partial charge in [-0.2, -0.15) is 0 Å². The standard InChI is InChI=1S/C25H32N4O2S/c1-16-6-4-5-13-29(16)15-20-9-7-19(8-10-20)14-26-22(30)12-11-21-27-24(31)23-17(2)18(3)32-25(23)28-21/h7-10,16H,4-6,11-15H2,1-3H3,(H,26,30)(H,27,28,31). The van der Waals surface area contributed by atoms with Crippen LogP contribution in [0, 0.1) is 13.8 Å². The van der Waals surface area contributed by atoms with Gasteiger partial charge >= 0.3 is 0 Å². The largest absolute Gasteiger partial charge is 0.352 e. The van der Waals surface area contributed by atoms with E-state index in [2.05, 4.69) is 51.4 Å². The average Bonchev–Trinajstić information content (AvgIpc) is 3.07. The van der Waals surface area contributed by atoms with Crippen LogP contribution in [0.5, 0.6) is 0 Å². The van der Waals surface area contributed by atoms with Gasteiger partial charge in [0.2, 0.25) is 5.91 Å². The lowest BCUT2D eigenvalue weighted by Crippen LogP contribution is -2.36. The number of carbonyl (C=O) groups is 1. The molecule has 2 aromatic heterocycles. The number of piperidine rings is 1. The number of aryl methyl sites for hydroxylation is 3. The molecule has 0 spiro atoms. The lowest BCUT2D eigenvalue weighted by Gasteiger charge is -2.33. The monoisotopic (exact) mass is 452 g/mol. The number of benzene rings is 1. The summed E-state index contributed by atoms with van der Waals surface area (Å²) in [5.41, 5.74) is 3.27. The van der Waals surface area contributed by atoms with E-state index in [0.717, 1.165) is 27.4 Å². The number of hydrogen-bond acceptors (Lipinski definition) is 5. The summed E-state index contributed by atoms with van der Waals surface area (Å²) in [6.07, 6.45) is 4.62. The molecule has 1 saturated heterocycles. The van der Waals surface area contributed by atoms with Crippen molar-refractivity contribution in [3.8, 4) is 0 Å². The van der Waals surface area contributed by atoms with Crippen LogP contribution in [0.25, 0.3) is 10.2 Å². The van der Waals surface area contributed by atoms with Crippen LogP contribution in [0.3, 0.4) is 0 Å². The van der Waals surface area contributed by atoms with E-state index in [4.69, 9.17) is 0 Å². The Morgan fingerprint density at radius 1 is 1.22 bits per heavy atom. The fourth-order valence-electron chi connectivity index (χ4n) is 4.33. The minimum atomic E-state index is -0.119. The number of rotatable bonds is 7. The molecule has 4 rings (SSSR count). The number of nitrogens with one attached hydrogen (secondary N) is 2. The number of H-pyrrole nitrogens is 1. The zero-order chi connectivity index (χ0) is 22.7. The van der Waals surface area contributed by atoms with Crippen molar-refractivity contribution in [2.75, 3.05) is 6.54 Å². The van der Waals surface area contributed by atoms with Gasteiger partial charge < -0.3 is 10.3 Å². The minimum absolute atomic E-state index is 0.0440. The second-order valence-corrected chi connectivity index (χ2v) is 10.1. The zero-order valence-corrected chi connectivity index (χ0v) is 20.0. The number of thiophene rings is 1. The summed E-state index contributed by atoms with van der Waals surface area (Å²) in [5.74, 6) is 0.521. The number of carbonyl (C=O) groups excluding carboxylic acids is 1. The summed E-state index contributed by atoms with van der Waals surface area (Å²) < 4.78 is 0. The fourth-order valence-corrected chi connectivity index (χ4v) is 5.38. The molecule has 1 aliphatic rings. The number of aromatic nitrogens is 2. The van der Waals surface area contributed by atoms with Gasteiger partial charge in [-0.05, 0) is 56.8 Å². The van der Waals surface area contributed by atoms with E-state index >= 15 is 0 Å². The van der Waals surface area contributed by atoms with Crippen LogP contribution < -0.4 is 10.9 Å². The van der Waals surface area contributed by atoms with E-state index in [9.17, 15) is 9.59 Å². The highest BCUT2D eigenvalue weighted by molar-refractivity contribution is 7.18. The summed E-state index contributed by atoms with van der Waals surface area (Å²) >= 11 is 1.53. The third-order valence-electron chi connectivity index (χ3n) is 6.52.